The lowest BCUT2D eigenvalue weighted by molar-refractivity contribution is -0.146. The molecule has 47 heavy (non-hydrogen) atoms. The molecule has 11 nitrogen and oxygen atoms in total. The van der Waals surface area contributed by atoms with E-state index in [0.717, 1.165) is 11.1 Å². The maximum absolute atomic E-state index is 14.8. The summed E-state index contributed by atoms with van der Waals surface area (Å²) in [6, 6.07) is 20.4. The number of aromatic nitrogens is 5. The molecule has 2 aliphatic heterocycles. The zero-order valence-corrected chi connectivity index (χ0v) is 28.2. The normalized spacial score (nSPS) is 22.6. The van der Waals surface area contributed by atoms with Crippen LogP contribution in [0, 0.1) is 5.92 Å². The number of carbonyl (C=O) groups is 1. The summed E-state index contributed by atoms with van der Waals surface area (Å²) in [4.78, 5) is 41.3. The number of aromatic amines is 1. The fraction of sp³-hybridized carbons (Fsp3) is 0.353. The summed E-state index contributed by atoms with van der Waals surface area (Å²) in [7, 11) is -2.86. The van der Waals surface area contributed by atoms with Crippen LogP contribution >= 0.6 is 11.6 Å². The Labute approximate surface area is 277 Å². The van der Waals surface area contributed by atoms with Crippen LogP contribution in [0.25, 0.3) is 16.6 Å². The van der Waals surface area contributed by atoms with Gasteiger partial charge in [0.1, 0.15) is 0 Å². The number of rotatable bonds is 9. The fourth-order valence-electron chi connectivity index (χ4n) is 7.63. The van der Waals surface area contributed by atoms with Crippen molar-refractivity contribution in [3.05, 3.63) is 105 Å². The van der Waals surface area contributed by atoms with Gasteiger partial charge < -0.3 is 19.5 Å². The predicted molar refractivity (Wildman–Crippen MR) is 181 cm³/mol. The number of aryl methyl sites for hydroxylation is 1. The highest BCUT2D eigenvalue weighted by Crippen LogP contribution is 2.60. The minimum Gasteiger partial charge on any atom is -0.432 e. The number of aliphatic hydroxyl groups excluding tert-OH is 1. The van der Waals surface area contributed by atoms with Crippen LogP contribution in [0.2, 0.25) is 23.7 Å². The van der Waals surface area contributed by atoms with Gasteiger partial charge in [-0.15, -0.1) is 5.10 Å². The van der Waals surface area contributed by atoms with E-state index in [-0.39, 0.29) is 36.1 Å². The highest BCUT2D eigenvalue weighted by Gasteiger charge is 2.66. The number of hydrogen-bond acceptors (Lipinski definition) is 7. The second-order valence-corrected chi connectivity index (χ2v) is 17.5. The van der Waals surface area contributed by atoms with Crippen molar-refractivity contribution in [2.75, 3.05) is 11.5 Å². The Morgan fingerprint density at radius 1 is 1.09 bits per heavy atom. The molecule has 0 saturated carbocycles. The maximum atomic E-state index is 14.8. The van der Waals surface area contributed by atoms with Gasteiger partial charge in [-0.25, -0.2) is 4.68 Å². The van der Waals surface area contributed by atoms with Gasteiger partial charge in [0, 0.05) is 47.8 Å². The summed E-state index contributed by atoms with van der Waals surface area (Å²) in [5.74, 6) is -0.543. The molecule has 0 radical (unpaired) electrons. The Morgan fingerprint density at radius 3 is 2.66 bits per heavy atom. The molecular formula is C34H37ClN6O5Si. The smallest absolute Gasteiger partial charge is 0.279 e. The average molecular weight is 673 g/mol. The number of anilines is 1. The Bertz CT molecular complexity index is 2030. The highest BCUT2D eigenvalue weighted by atomic mass is 35.5. The van der Waals surface area contributed by atoms with Gasteiger partial charge in [0.25, 0.3) is 11.5 Å². The standard InChI is InChI=1S/C34H37ClN6O5Si/c1-21-31(47(2,3)45)30(13-15-39-20-24(14-16-42)36-38-39)46-34(21)27-18-23(35)11-12-29(27)40(33(34)44)19-22-7-6-8-25(17-22)41-32(43)26-9-4-5-10-28(26)37-41/h4-12,17-18,20-21,30-31,37,42,45H,13-16,19H2,1-3H3/t21-,30+,31-,34+/m0/s1. The molecule has 1 fully saturated rings. The summed E-state index contributed by atoms with van der Waals surface area (Å²) < 4.78 is 10.1. The Hall–Kier alpha value is -4.07. The molecule has 244 valence electrons. The van der Waals surface area contributed by atoms with Crippen molar-refractivity contribution in [3.8, 4) is 5.69 Å². The van der Waals surface area contributed by atoms with Gasteiger partial charge >= 0.3 is 0 Å². The van der Waals surface area contributed by atoms with E-state index in [9.17, 15) is 19.5 Å². The van der Waals surface area contributed by atoms with E-state index in [1.807, 2.05) is 74.6 Å². The molecule has 2 aliphatic rings. The van der Waals surface area contributed by atoms with Gasteiger partial charge in [0.15, 0.2) is 13.9 Å². The number of nitrogens with one attached hydrogen (secondary N) is 1. The van der Waals surface area contributed by atoms with Crippen molar-refractivity contribution in [2.24, 2.45) is 5.92 Å². The number of amides is 1. The molecule has 0 unspecified atom stereocenters. The van der Waals surface area contributed by atoms with Crippen LogP contribution in [-0.2, 0) is 34.6 Å². The van der Waals surface area contributed by atoms with E-state index in [1.54, 1.807) is 27.9 Å². The molecule has 13 heteroatoms. The zero-order valence-electron chi connectivity index (χ0n) is 26.4. The third-order valence-corrected chi connectivity index (χ3v) is 12.4. The number of nitrogens with zero attached hydrogens (tertiary/aromatic N) is 5. The second kappa shape index (κ2) is 11.9. The van der Waals surface area contributed by atoms with Crippen molar-refractivity contribution < 1.29 is 19.4 Å². The van der Waals surface area contributed by atoms with Crippen molar-refractivity contribution in [3.63, 3.8) is 0 Å². The quantitative estimate of drug-likeness (QED) is 0.196. The van der Waals surface area contributed by atoms with E-state index in [1.165, 1.54) is 4.68 Å². The molecule has 1 saturated heterocycles. The fourth-order valence-corrected chi connectivity index (χ4v) is 10.4. The molecule has 7 rings (SSSR count). The number of hydrogen-bond donors (Lipinski definition) is 3. The van der Waals surface area contributed by atoms with Crippen LogP contribution in [-0.4, -0.2) is 61.6 Å². The minimum atomic E-state index is -2.86. The molecule has 0 aliphatic carbocycles. The number of fused-ring (bicyclic) bond motifs is 3. The number of benzene rings is 3. The molecule has 2 aromatic heterocycles. The lowest BCUT2D eigenvalue weighted by atomic mass is 9.82. The van der Waals surface area contributed by atoms with Crippen molar-refractivity contribution in [1.29, 1.82) is 0 Å². The van der Waals surface area contributed by atoms with Crippen LogP contribution in [0.3, 0.4) is 0 Å². The summed E-state index contributed by atoms with van der Waals surface area (Å²) in [5.41, 5.74) is 2.60. The Morgan fingerprint density at radius 2 is 1.89 bits per heavy atom. The first-order chi connectivity index (χ1) is 22.5. The molecule has 4 heterocycles. The summed E-state index contributed by atoms with van der Waals surface area (Å²) in [5, 5.41) is 21.9. The summed E-state index contributed by atoms with van der Waals surface area (Å²) in [6.45, 7) is 6.50. The average Bonchev–Trinajstić information content (AvgIpc) is 3.77. The first-order valence-electron chi connectivity index (χ1n) is 15.8. The lowest BCUT2D eigenvalue weighted by Crippen LogP contribution is -2.46. The van der Waals surface area contributed by atoms with E-state index < -0.39 is 20.0 Å². The number of para-hydroxylation sites is 1. The molecule has 3 N–H and O–H groups in total. The number of halogens is 1. The highest BCUT2D eigenvalue weighted by molar-refractivity contribution is 6.71. The number of carbonyl (C=O) groups excluding carboxylic acids is 1. The van der Waals surface area contributed by atoms with Crippen LogP contribution in [0.4, 0.5) is 5.69 Å². The van der Waals surface area contributed by atoms with E-state index in [0.29, 0.717) is 52.4 Å². The van der Waals surface area contributed by atoms with Gasteiger partial charge in [0.2, 0.25) is 0 Å². The van der Waals surface area contributed by atoms with E-state index in [2.05, 4.69) is 15.4 Å². The summed E-state index contributed by atoms with van der Waals surface area (Å²) in [6.07, 6.45) is 2.31. The van der Waals surface area contributed by atoms with Gasteiger partial charge in [-0.3, -0.25) is 19.4 Å². The summed E-state index contributed by atoms with van der Waals surface area (Å²) >= 11 is 6.56. The molecule has 4 atom stereocenters. The molecule has 3 aromatic carbocycles. The van der Waals surface area contributed by atoms with Gasteiger partial charge in [-0.1, -0.05) is 48.0 Å². The molecular weight excluding hydrogens is 636 g/mol. The van der Waals surface area contributed by atoms with Crippen LogP contribution in [0.15, 0.2) is 77.7 Å². The topological polar surface area (TPSA) is 138 Å². The predicted octanol–water partition coefficient (Wildman–Crippen LogP) is 4.53. The van der Waals surface area contributed by atoms with Crippen LogP contribution < -0.4 is 10.5 Å². The monoisotopic (exact) mass is 672 g/mol. The van der Waals surface area contributed by atoms with Gasteiger partial charge in [-0.2, -0.15) is 0 Å². The van der Waals surface area contributed by atoms with Crippen molar-refractivity contribution >= 4 is 42.4 Å². The third-order valence-electron chi connectivity index (χ3n) is 9.64. The second-order valence-electron chi connectivity index (χ2n) is 13.1. The Kier molecular flexibility index (Phi) is 7.96. The molecule has 1 spiro atoms. The van der Waals surface area contributed by atoms with Crippen LogP contribution in [0.5, 0.6) is 0 Å². The first kappa shape index (κ1) is 31.5. The lowest BCUT2D eigenvalue weighted by Gasteiger charge is -2.32. The van der Waals surface area contributed by atoms with Gasteiger partial charge in [0.05, 0.1) is 40.6 Å². The molecule has 0 bridgehead atoms. The third kappa shape index (κ3) is 5.34. The minimum absolute atomic E-state index is 0.0107. The zero-order chi connectivity index (χ0) is 33.1. The number of ether oxygens (including phenoxy) is 1. The maximum Gasteiger partial charge on any atom is 0.279 e. The van der Waals surface area contributed by atoms with Gasteiger partial charge in [-0.05, 0) is 67.5 Å². The number of aliphatic hydroxyl groups is 1. The largest absolute Gasteiger partial charge is 0.432 e. The van der Waals surface area contributed by atoms with Crippen LogP contribution in [0.1, 0.15) is 30.2 Å². The molecule has 1 amide bonds. The van der Waals surface area contributed by atoms with E-state index in [4.69, 9.17) is 16.3 Å². The van der Waals surface area contributed by atoms with Crippen molar-refractivity contribution in [2.45, 2.75) is 63.2 Å². The molecule has 5 aromatic rings. The number of H-pyrrole nitrogens is 1. The first-order valence-corrected chi connectivity index (χ1v) is 19.2. The van der Waals surface area contributed by atoms with E-state index >= 15 is 0 Å². The Balaban J connectivity index is 1.22. The van der Waals surface area contributed by atoms with Crippen molar-refractivity contribution in [1.82, 2.24) is 24.8 Å². The SMILES string of the molecule is C[C@H]1[C@H]([Si](C)(C)O)[C@@H](CCn2cc(CCO)nn2)O[C@]12C(=O)N(Cc1cccc(-n3[nH]c4ccccc4c3=O)c1)c1ccc(Cl)cc12.